The van der Waals surface area contributed by atoms with Crippen LogP contribution in [0.5, 0.6) is 0 Å². The Morgan fingerprint density at radius 1 is 1.40 bits per heavy atom. The lowest BCUT2D eigenvalue weighted by Crippen LogP contribution is -2.32. The molecular formula is C14H17FN2O3. The summed E-state index contributed by atoms with van der Waals surface area (Å²) in [6, 6.07) is 5.60. The molecule has 0 saturated carbocycles. The number of carbonyl (C=O) groups excluding carboxylic acids is 2. The molecule has 0 bridgehead atoms. The molecule has 2 rings (SSSR count). The number of benzene rings is 1. The lowest BCUT2D eigenvalue weighted by atomic mass is 10.1. The molecular weight excluding hydrogens is 263 g/mol. The molecule has 0 aromatic heterocycles. The molecule has 0 aliphatic carbocycles. The molecule has 6 heteroatoms. The fourth-order valence-corrected chi connectivity index (χ4v) is 2.27. The summed E-state index contributed by atoms with van der Waals surface area (Å²) in [6.45, 7) is 1.44. The zero-order valence-corrected chi connectivity index (χ0v) is 11.3. The highest BCUT2D eigenvalue weighted by molar-refractivity contribution is 5.92. The van der Waals surface area contributed by atoms with Crippen LogP contribution in [-0.2, 0) is 14.3 Å². The third-order valence-corrected chi connectivity index (χ3v) is 3.30. The molecule has 1 unspecified atom stereocenters. The van der Waals surface area contributed by atoms with Crippen molar-refractivity contribution in [2.75, 3.05) is 32.1 Å². The quantitative estimate of drug-likeness (QED) is 0.844. The second kappa shape index (κ2) is 6.47. The third-order valence-electron chi connectivity index (χ3n) is 3.30. The number of ether oxygens (including phenoxy) is 1. The Morgan fingerprint density at radius 3 is 2.75 bits per heavy atom. The molecule has 1 aromatic rings. The first-order valence-electron chi connectivity index (χ1n) is 6.44. The van der Waals surface area contributed by atoms with Crippen molar-refractivity contribution in [1.82, 2.24) is 4.90 Å². The van der Waals surface area contributed by atoms with E-state index in [9.17, 15) is 14.0 Å². The van der Waals surface area contributed by atoms with Gasteiger partial charge in [-0.2, -0.15) is 0 Å². The monoisotopic (exact) mass is 280 g/mol. The van der Waals surface area contributed by atoms with Crippen LogP contribution in [0, 0.1) is 11.7 Å². The number of carbonyl (C=O) groups is 2. The van der Waals surface area contributed by atoms with E-state index in [1.54, 1.807) is 0 Å². The largest absolute Gasteiger partial charge is 0.469 e. The van der Waals surface area contributed by atoms with E-state index in [4.69, 9.17) is 4.74 Å². The summed E-state index contributed by atoms with van der Waals surface area (Å²) in [5, 5.41) is 2.69. The molecule has 5 nitrogen and oxygen atoms in total. The molecule has 1 aliphatic rings. The molecule has 1 fully saturated rings. The molecule has 1 amide bonds. The summed E-state index contributed by atoms with van der Waals surface area (Å²) >= 11 is 0. The van der Waals surface area contributed by atoms with Gasteiger partial charge in [0.1, 0.15) is 5.82 Å². The average Bonchev–Trinajstić information content (AvgIpc) is 2.89. The smallest absolute Gasteiger partial charge is 0.310 e. The van der Waals surface area contributed by atoms with Gasteiger partial charge in [-0.25, -0.2) is 4.39 Å². The summed E-state index contributed by atoms with van der Waals surface area (Å²) in [5.74, 6) is -0.907. The first kappa shape index (κ1) is 14.5. The molecule has 1 aromatic carbocycles. The highest BCUT2D eigenvalue weighted by atomic mass is 19.1. The van der Waals surface area contributed by atoms with E-state index in [2.05, 4.69) is 5.32 Å². The van der Waals surface area contributed by atoms with E-state index in [0.29, 0.717) is 25.2 Å². The molecule has 0 radical (unpaired) electrons. The minimum absolute atomic E-state index is 0.154. The third kappa shape index (κ3) is 3.77. The van der Waals surface area contributed by atoms with Crippen molar-refractivity contribution < 1.29 is 18.7 Å². The fraction of sp³-hybridized carbons (Fsp3) is 0.429. The summed E-state index contributed by atoms with van der Waals surface area (Å²) in [6.07, 6.45) is 0.705. The van der Waals surface area contributed by atoms with Crippen LogP contribution in [0.4, 0.5) is 10.1 Å². The summed E-state index contributed by atoms with van der Waals surface area (Å²) in [5.41, 5.74) is 0.556. The number of nitrogens with one attached hydrogen (secondary N) is 1. The van der Waals surface area contributed by atoms with Gasteiger partial charge in [-0.3, -0.25) is 14.5 Å². The number of halogens is 1. The van der Waals surface area contributed by atoms with Crippen molar-refractivity contribution in [3.63, 3.8) is 0 Å². The van der Waals surface area contributed by atoms with Crippen molar-refractivity contribution in [1.29, 1.82) is 0 Å². The minimum Gasteiger partial charge on any atom is -0.469 e. The van der Waals surface area contributed by atoms with Gasteiger partial charge in [0, 0.05) is 12.2 Å². The predicted molar refractivity (Wildman–Crippen MR) is 71.6 cm³/mol. The van der Waals surface area contributed by atoms with Gasteiger partial charge in [-0.05, 0) is 37.2 Å². The van der Waals surface area contributed by atoms with Gasteiger partial charge in [0.15, 0.2) is 0 Å². The Labute approximate surface area is 116 Å². The lowest BCUT2D eigenvalue weighted by molar-refractivity contribution is -0.145. The summed E-state index contributed by atoms with van der Waals surface area (Å²) < 4.78 is 17.4. The number of rotatable bonds is 4. The topological polar surface area (TPSA) is 58.6 Å². The Bertz CT molecular complexity index is 490. The molecule has 1 heterocycles. The zero-order valence-electron chi connectivity index (χ0n) is 11.3. The van der Waals surface area contributed by atoms with E-state index >= 15 is 0 Å². The van der Waals surface area contributed by atoms with Crippen molar-refractivity contribution in [3.05, 3.63) is 30.1 Å². The minimum atomic E-state index is -0.344. The number of likely N-dealkylation sites (tertiary alicyclic amines) is 1. The lowest BCUT2D eigenvalue weighted by Gasteiger charge is -2.15. The zero-order chi connectivity index (χ0) is 14.5. The van der Waals surface area contributed by atoms with Crippen LogP contribution >= 0.6 is 0 Å². The second-order valence-corrected chi connectivity index (χ2v) is 4.80. The van der Waals surface area contributed by atoms with Crippen LogP contribution in [0.2, 0.25) is 0 Å². The van der Waals surface area contributed by atoms with Crippen LogP contribution in [-0.4, -0.2) is 43.5 Å². The molecule has 1 atom stereocenters. The normalized spacial score (nSPS) is 18.8. The van der Waals surface area contributed by atoms with E-state index in [-0.39, 0.29) is 30.2 Å². The molecule has 1 N–H and O–H groups in total. The van der Waals surface area contributed by atoms with Crippen molar-refractivity contribution in [3.8, 4) is 0 Å². The summed E-state index contributed by atoms with van der Waals surface area (Å²) in [4.78, 5) is 25.1. The van der Waals surface area contributed by atoms with Crippen LogP contribution in [0.15, 0.2) is 24.3 Å². The molecule has 20 heavy (non-hydrogen) atoms. The standard InChI is InChI=1S/C14H17FN2O3/c1-20-14(19)10-6-7-17(8-10)9-13(18)16-12-4-2-11(15)3-5-12/h2-5,10H,6-9H2,1H3,(H,16,18). The molecule has 1 saturated heterocycles. The van der Waals surface area contributed by atoms with Crippen LogP contribution in [0.1, 0.15) is 6.42 Å². The van der Waals surface area contributed by atoms with Gasteiger partial charge in [0.2, 0.25) is 5.91 Å². The van der Waals surface area contributed by atoms with E-state index < -0.39 is 0 Å². The van der Waals surface area contributed by atoms with Gasteiger partial charge >= 0.3 is 5.97 Å². The first-order chi connectivity index (χ1) is 9.58. The number of hydrogen-bond donors (Lipinski definition) is 1. The van der Waals surface area contributed by atoms with Gasteiger partial charge in [0.25, 0.3) is 0 Å². The maximum absolute atomic E-state index is 12.7. The second-order valence-electron chi connectivity index (χ2n) is 4.80. The van der Waals surface area contributed by atoms with Crippen LogP contribution in [0.25, 0.3) is 0 Å². The predicted octanol–water partition coefficient (Wildman–Crippen LogP) is 1.26. The Hall–Kier alpha value is -1.95. The number of esters is 1. The fourth-order valence-electron chi connectivity index (χ4n) is 2.27. The van der Waals surface area contributed by atoms with Crippen molar-refractivity contribution in [2.45, 2.75) is 6.42 Å². The molecule has 108 valence electrons. The van der Waals surface area contributed by atoms with Gasteiger partial charge in [-0.15, -0.1) is 0 Å². The number of hydrogen-bond acceptors (Lipinski definition) is 4. The maximum Gasteiger partial charge on any atom is 0.310 e. The number of methoxy groups -OCH3 is 1. The van der Waals surface area contributed by atoms with Gasteiger partial charge < -0.3 is 10.1 Å². The van der Waals surface area contributed by atoms with Crippen LogP contribution in [0.3, 0.4) is 0 Å². The number of anilines is 1. The highest BCUT2D eigenvalue weighted by Gasteiger charge is 2.29. The van der Waals surface area contributed by atoms with Crippen LogP contribution < -0.4 is 5.32 Å². The number of amides is 1. The maximum atomic E-state index is 12.7. The van der Waals surface area contributed by atoms with Crippen molar-refractivity contribution in [2.24, 2.45) is 5.92 Å². The van der Waals surface area contributed by atoms with Gasteiger partial charge in [0.05, 0.1) is 19.6 Å². The van der Waals surface area contributed by atoms with E-state index in [0.717, 1.165) is 0 Å². The first-order valence-corrected chi connectivity index (χ1v) is 6.44. The van der Waals surface area contributed by atoms with Crippen molar-refractivity contribution >= 4 is 17.6 Å². The Morgan fingerprint density at radius 2 is 2.10 bits per heavy atom. The Balaban J connectivity index is 1.81. The highest BCUT2D eigenvalue weighted by Crippen LogP contribution is 2.17. The number of nitrogens with zero attached hydrogens (tertiary/aromatic N) is 1. The average molecular weight is 280 g/mol. The van der Waals surface area contributed by atoms with E-state index in [1.165, 1.54) is 31.4 Å². The van der Waals surface area contributed by atoms with E-state index in [1.807, 2.05) is 4.90 Å². The molecule has 0 spiro atoms. The van der Waals surface area contributed by atoms with Gasteiger partial charge in [-0.1, -0.05) is 0 Å². The molecule has 1 aliphatic heterocycles. The summed E-state index contributed by atoms with van der Waals surface area (Å²) in [7, 11) is 1.37. The Kier molecular flexibility index (Phi) is 4.68. The SMILES string of the molecule is COC(=O)C1CCN(CC(=O)Nc2ccc(F)cc2)C1.